The zero-order chi connectivity index (χ0) is 16.4. The standard InChI is InChI=1S/C17H21N3O3/c1-3-12-4-6-13(7-5-12)16-18-15(23-19-16)10-20(14-8-9-14)11(2)17(21)22/h4-7,11,14H,3,8-10H2,1-2H3,(H,21,22). The molecule has 0 spiro atoms. The Kier molecular flexibility index (Phi) is 4.43. The first kappa shape index (κ1) is 15.7. The summed E-state index contributed by atoms with van der Waals surface area (Å²) >= 11 is 0. The fourth-order valence-corrected chi connectivity index (χ4v) is 2.61. The van der Waals surface area contributed by atoms with Crippen molar-refractivity contribution in [2.24, 2.45) is 0 Å². The predicted octanol–water partition coefficient (Wildman–Crippen LogP) is 2.74. The third-order valence-electron chi connectivity index (χ3n) is 4.28. The molecule has 0 radical (unpaired) electrons. The SMILES string of the molecule is CCc1ccc(-c2noc(CN(C3CC3)C(C)C(=O)O)n2)cc1. The molecule has 1 unspecified atom stereocenters. The van der Waals surface area contributed by atoms with Gasteiger partial charge in [-0.15, -0.1) is 0 Å². The quantitative estimate of drug-likeness (QED) is 0.846. The molecule has 1 aromatic carbocycles. The molecule has 3 rings (SSSR count). The molecule has 1 saturated carbocycles. The lowest BCUT2D eigenvalue weighted by molar-refractivity contribution is -0.143. The highest BCUT2D eigenvalue weighted by Crippen LogP contribution is 2.30. The number of aliphatic carboxylic acids is 1. The average molecular weight is 315 g/mol. The van der Waals surface area contributed by atoms with E-state index in [2.05, 4.69) is 17.1 Å². The Labute approximate surface area is 135 Å². The van der Waals surface area contributed by atoms with Gasteiger partial charge in [-0.3, -0.25) is 9.69 Å². The summed E-state index contributed by atoms with van der Waals surface area (Å²) in [6.45, 7) is 4.18. The maximum atomic E-state index is 11.2. The molecule has 0 bridgehead atoms. The van der Waals surface area contributed by atoms with Gasteiger partial charge >= 0.3 is 5.97 Å². The normalized spacial score (nSPS) is 15.8. The topological polar surface area (TPSA) is 79.5 Å². The third kappa shape index (κ3) is 3.59. The summed E-state index contributed by atoms with van der Waals surface area (Å²) in [5, 5.41) is 13.3. The van der Waals surface area contributed by atoms with Crippen LogP contribution in [-0.4, -0.2) is 38.2 Å². The van der Waals surface area contributed by atoms with Crippen LogP contribution in [0.4, 0.5) is 0 Å². The second-order valence-corrected chi connectivity index (χ2v) is 5.98. The van der Waals surface area contributed by atoms with Crippen molar-refractivity contribution in [3.63, 3.8) is 0 Å². The van der Waals surface area contributed by atoms with E-state index in [9.17, 15) is 9.90 Å². The Balaban J connectivity index is 1.74. The van der Waals surface area contributed by atoms with Crippen LogP contribution in [0.5, 0.6) is 0 Å². The van der Waals surface area contributed by atoms with Crippen molar-refractivity contribution in [1.82, 2.24) is 15.0 Å². The molecular formula is C17H21N3O3. The molecule has 0 amide bonds. The van der Waals surface area contributed by atoms with Gasteiger partial charge in [-0.25, -0.2) is 0 Å². The fraction of sp³-hybridized carbons (Fsp3) is 0.471. The molecule has 1 heterocycles. The summed E-state index contributed by atoms with van der Waals surface area (Å²) in [6, 6.07) is 7.81. The molecule has 122 valence electrons. The minimum Gasteiger partial charge on any atom is -0.480 e. The number of carboxylic acids is 1. The smallest absolute Gasteiger partial charge is 0.320 e. The van der Waals surface area contributed by atoms with Crippen LogP contribution in [0.2, 0.25) is 0 Å². The van der Waals surface area contributed by atoms with Crippen LogP contribution in [0.1, 0.15) is 38.1 Å². The van der Waals surface area contributed by atoms with E-state index in [1.807, 2.05) is 29.2 Å². The molecule has 1 N–H and O–H groups in total. The van der Waals surface area contributed by atoms with E-state index >= 15 is 0 Å². The van der Waals surface area contributed by atoms with Crippen LogP contribution in [0.25, 0.3) is 11.4 Å². The molecular weight excluding hydrogens is 294 g/mol. The molecule has 6 nitrogen and oxygen atoms in total. The van der Waals surface area contributed by atoms with Crippen molar-refractivity contribution in [3.05, 3.63) is 35.7 Å². The number of benzene rings is 1. The van der Waals surface area contributed by atoms with Gasteiger partial charge in [0.2, 0.25) is 11.7 Å². The second kappa shape index (κ2) is 6.50. The number of rotatable bonds is 7. The second-order valence-electron chi connectivity index (χ2n) is 5.98. The Morgan fingerprint density at radius 2 is 2.09 bits per heavy atom. The highest BCUT2D eigenvalue weighted by molar-refractivity contribution is 5.73. The van der Waals surface area contributed by atoms with Crippen molar-refractivity contribution < 1.29 is 14.4 Å². The summed E-state index contributed by atoms with van der Waals surface area (Å²) < 4.78 is 5.32. The maximum absolute atomic E-state index is 11.2. The summed E-state index contributed by atoms with van der Waals surface area (Å²) in [4.78, 5) is 17.6. The van der Waals surface area contributed by atoms with E-state index in [1.165, 1.54) is 5.56 Å². The van der Waals surface area contributed by atoms with Crippen molar-refractivity contribution >= 4 is 5.97 Å². The fourth-order valence-electron chi connectivity index (χ4n) is 2.61. The van der Waals surface area contributed by atoms with Crippen molar-refractivity contribution in [2.75, 3.05) is 0 Å². The Morgan fingerprint density at radius 3 is 2.65 bits per heavy atom. The van der Waals surface area contributed by atoms with Gasteiger partial charge in [0.1, 0.15) is 6.04 Å². The van der Waals surface area contributed by atoms with Crippen LogP contribution in [-0.2, 0) is 17.8 Å². The lowest BCUT2D eigenvalue weighted by Crippen LogP contribution is -2.40. The van der Waals surface area contributed by atoms with Crippen molar-refractivity contribution in [3.8, 4) is 11.4 Å². The Bertz CT molecular complexity index is 677. The lowest BCUT2D eigenvalue weighted by Gasteiger charge is -2.24. The maximum Gasteiger partial charge on any atom is 0.320 e. The van der Waals surface area contributed by atoms with Crippen LogP contribution in [0, 0.1) is 0 Å². The Morgan fingerprint density at radius 1 is 1.39 bits per heavy atom. The molecule has 1 aliphatic rings. The van der Waals surface area contributed by atoms with Gasteiger partial charge in [-0.1, -0.05) is 36.3 Å². The zero-order valence-corrected chi connectivity index (χ0v) is 13.4. The molecule has 0 aliphatic heterocycles. The van der Waals surface area contributed by atoms with Gasteiger partial charge in [0, 0.05) is 11.6 Å². The first-order valence-corrected chi connectivity index (χ1v) is 7.99. The molecule has 1 aliphatic carbocycles. The number of hydrogen-bond donors (Lipinski definition) is 1. The first-order chi connectivity index (χ1) is 11.1. The molecule has 23 heavy (non-hydrogen) atoms. The molecule has 6 heteroatoms. The van der Waals surface area contributed by atoms with E-state index in [4.69, 9.17) is 4.52 Å². The van der Waals surface area contributed by atoms with E-state index in [0.29, 0.717) is 24.3 Å². The average Bonchev–Trinajstić information content (AvgIpc) is 3.30. The first-order valence-electron chi connectivity index (χ1n) is 7.99. The van der Waals surface area contributed by atoms with Gasteiger partial charge in [-0.05, 0) is 31.7 Å². The van der Waals surface area contributed by atoms with Crippen molar-refractivity contribution in [1.29, 1.82) is 0 Å². The van der Waals surface area contributed by atoms with E-state index in [0.717, 1.165) is 24.8 Å². The number of carboxylic acid groups (broad SMARTS) is 1. The highest BCUT2D eigenvalue weighted by Gasteiger charge is 2.36. The van der Waals surface area contributed by atoms with Crippen LogP contribution >= 0.6 is 0 Å². The highest BCUT2D eigenvalue weighted by atomic mass is 16.5. The Hall–Kier alpha value is -2.21. The zero-order valence-electron chi connectivity index (χ0n) is 13.4. The van der Waals surface area contributed by atoms with E-state index in [-0.39, 0.29) is 0 Å². The van der Waals surface area contributed by atoms with Gasteiger partial charge in [0.25, 0.3) is 0 Å². The number of nitrogens with zero attached hydrogens (tertiary/aromatic N) is 3. The van der Waals surface area contributed by atoms with E-state index in [1.54, 1.807) is 6.92 Å². The van der Waals surface area contributed by atoms with Gasteiger partial charge in [0.05, 0.1) is 6.54 Å². The minimum absolute atomic E-state index is 0.306. The molecule has 0 saturated heterocycles. The number of hydrogen-bond acceptors (Lipinski definition) is 5. The number of carbonyl (C=O) groups is 1. The molecule has 1 atom stereocenters. The number of aromatic nitrogens is 2. The van der Waals surface area contributed by atoms with Crippen LogP contribution in [0.15, 0.2) is 28.8 Å². The van der Waals surface area contributed by atoms with Crippen LogP contribution in [0.3, 0.4) is 0 Å². The summed E-state index contributed by atoms with van der Waals surface area (Å²) in [5.41, 5.74) is 2.16. The van der Waals surface area contributed by atoms with Crippen LogP contribution < -0.4 is 0 Å². The molecule has 1 fully saturated rings. The summed E-state index contributed by atoms with van der Waals surface area (Å²) in [7, 11) is 0. The van der Waals surface area contributed by atoms with Crippen molar-refractivity contribution in [2.45, 2.75) is 51.7 Å². The molecule has 1 aromatic heterocycles. The number of aryl methyl sites for hydroxylation is 1. The lowest BCUT2D eigenvalue weighted by atomic mass is 10.1. The van der Waals surface area contributed by atoms with Gasteiger partial charge < -0.3 is 9.63 Å². The predicted molar refractivity (Wildman–Crippen MR) is 84.8 cm³/mol. The monoisotopic (exact) mass is 315 g/mol. The minimum atomic E-state index is -0.827. The van der Waals surface area contributed by atoms with Gasteiger partial charge in [-0.2, -0.15) is 4.98 Å². The molecule has 2 aromatic rings. The van der Waals surface area contributed by atoms with E-state index < -0.39 is 12.0 Å². The van der Waals surface area contributed by atoms with Gasteiger partial charge in [0.15, 0.2) is 0 Å². The summed E-state index contributed by atoms with van der Waals surface area (Å²) in [6.07, 6.45) is 3.04. The third-order valence-corrected chi connectivity index (χ3v) is 4.28. The largest absolute Gasteiger partial charge is 0.480 e. The summed E-state index contributed by atoms with van der Waals surface area (Å²) in [5.74, 6) is 0.174.